The first-order valence-corrected chi connectivity index (χ1v) is 8.21. The molecule has 0 saturated heterocycles. The molecule has 0 bridgehead atoms. The number of benzene rings is 1. The SMILES string of the molecule is C[C@H](NC[C@@](C)(O)c1cnn(C)c1)c1cc2ccccc2s1. The molecule has 22 heavy (non-hydrogen) atoms. The molecule has 0 aliphatic carbocycles. The van der Waals surface area contributed by atoms with Gasteiger partial charge in [0, 0.05) is 41.0 Å². The van der Waals surface area contributed by atoms with E-state index in [-0.39, 0.29) is 6.04 Å². The topological polar surface area (TPSA) is 50.1 Å². The normalized spacial score (nSPS) is 15.8. The van der Waals surface area contributed by atoms with Crippen LogP contribution in [0.15, 0.2) is 42.7 Å². The van der Waals surface area contributed by atoms with Gasteiger partial charge in [-0.05, 0) is 31.4 Å². The van der Waals surface area contributed by atoms with Crippen LogP contribution in [-0.4, -0.2) is 21.4 Å². The van der Waals surface area contributed by atoms with E-state index in [1.807, 2.05) is 20.2 Å². The lowest BCUT2D eigenvalue weighted by Crippen LogP contribution is -2.36. The summed E-state index contributed by atoms with van der Waals surface area (Å²) >= 11 is 1.80. The van der Waals surface area contributed by atoms with E-state index in [1.54, 1.807) is 22.2 Å². The molecule has 4 nitrogen and oxygen atoms in total. The van der Waals surface area contributed by atoms with Crippen molar-refractivity contribution < 1.29 is 5.11 Å². The predicted molar refractivity (Wildman–Crippen MR) is 91.0 cm³/mol. The van der Waals surface area contributed by atoms with Gasteiger partial charge in [-0.15, -0.1) is 11.3 Å². The standard InChI is InChI=1S/C17H21N3OS/c1-12(16-8-13-6-4-5-7-15(13)22-16)18-11-17(2,21)14-9-19-20(3)10-14/h4-10,12,18,21H,11H2,1-3H3/t12-,17+/m0/s1. The van der Waals surface area contributed by atoms with Crippen molar-refractivity contribution in [2.75, 3.05) is 6.54 Å². The first-order valence-electron chi connectivity index (χ1n) is 7.39. The van der Waals surface area contributed by atoms with E-state index >= 15 is 0 Å². The third-order valence-electron chi connectivity index (χ3n) is 3.95. The third-order valence-corrected chi connectivity index (χ3v) is 5.25. The highest BCUT2D eigenvalue weighted by molar-refractivity contribution is 7.19. The van der Waals surface area contributed by atoms with Gasteiger partial charge in [-0.25, -0.2) is 0 Å². The molecule has 0 saturated carbocycles. The molecule has 5 heteroatoms. The zero-order valence-corrected chi connectivity index (χ0v) is 13.9. The summed E-state index contributed by atoms with van der Waals surface area (Å²) in [7, 11) is 1.85. The summed E-state index contributed by atoms with van der Waals surface area (Å²) in [5, 5.41) is 19.5. The zero-order valence-electron chi connectivity index (χ0n) is 13.1. The third kappa shape index (κ3) is 3.06. The molecule has 0 fully saturated rings. The zero-order chi connectivity index (χ0) is 15.7. The number of aliphatic hydroxyl groups is 1. The van der Waals surface area contributed by atoms with E-state index in [0.717, 1.165) is 5.56 Å². The quantitative estimate of drug-likeness (QED) is 0.760. The average Bonchev–Trinajstić information content (AvgIpc) is 3.11. The number of aryl methyl sites for hydroxylation is 1. The first kappa shape index (κ1) is 15.2. The molecule has 2 heterocycles. The van der Waals surface area contributed by atoms with Crippen LogP contribution in [0.5, 0.6) is 0 Å². The maximum absolute atomic E-state index is 10.6. The average molecular weight is 315 g/mol. The fourth-order valence-electron chi connectivity index (χ4n) is 2.47. The minimum atomic E-state index is -0.931. The minimum Gasteiger partial charge on any atom is -0.384 e. The monoisotopic (exact) mass is 315 g/mol. The summed E-state index contributed by atoms with van der Waals surface area (Å²) in [5.74, 6) is 0. The van der Waals surface area contributed by atoms with Crippen molar-refractivity contribution in [3.63, 3.8) is 0 Å². The van der Waals surface area contributed by atoms with E-state index in [1.165, 1.54) is 15.0 Å². The van der Waals surface area contributed by atoms with Crippen molar-refractivity contribution in [3.8, 4) is 0 Å². The molecule has 3 rings (SSSR count). The van der Waals surface area contributed by atoms with Crippen LogP contribution in [0.25, 0.3) is 10.1 Å². The van der Waals surface area contributed by atoms with Gasteiger partial charge >= 0.3 is 0 Å². The van der Waals surface area contributed by atoms with Crippen LogP contribution < -0.4 is 5.32 Å². The number of nitrogens with one attached hydrogen (secondary N) is 1. The highest BCUT2D eigenvalue weighted by atomic mass is 32.1. The van der Waals surface area contributed by atoms with E-state index in [4.69, 9.17) is 0 Å². The molecule has 0 aliphatic rings. The molecule has 2 N–H and O–H groups in total. The molecule has 2 aromatic heterocycles. The van der Waals surface area contributed by atoms with Gasteiger partial charge in [-0.3, -0.25) is 4.68 Å². The van der Waals surface area contributed by atoms with Crippen molar-refractivity contribution in [2.24, 2.45) is 7.05 Å². The highest BCUT2D eigenvalue weighted by Crippen LogP contribution is 2.30. The predicted octanol–water partition coefficient (Wildman–Crippen LogP) is 3.19. The Morgan fingerprint density at radius 3 is 2.86 bits per heavy atom. The van der Waals surface area contributed by atoms with Gasteiger partial charge in [-0.1, -0.05) is 18.2 Å². The summed E-state index contributed by atoms with van der Waals surface area (Å²) in [6, 6.07) is 10.8. The lowest BCUT2D eigenvalue weighted by atomic mass is 9.99. The Kier molecular flexibility index (Phi) is 4.04. The van der Waals surface area contributed by atoms with Crippen molar-refractivity contribution >= 4 is 21.4 Å². The van der Waals surface area contributed by atoms with Crippen LogP contribution in [-0.2, 0) is 12.6 Å². The van der Waals surface area contributed by atoms with Gasteiger partial charge in [0.2, 0.25) is 0 Å². The molecule has 116 valence electrons. The Bertz CT molecular complexity index is 742. The van der Waals surface area contributed by atoms with E-state index in [9.17, 15) is 5.11 Å². The van der Waals surface area contributed by atoms with Gasteiger partial charge < -0.3 is 10.4 Å². The van der Waals surface area contributed by atoms with Gasteiger partial charge in [0.1, 0.15) is 5.60 Å². The number of thiophene rings is 1. The summed E-state index contributed by atoms with van der Waals surface area (Å²) in [6.07, 6.45) is 3.57. The molecule has 0 unspecified atom stereocenters. The second-order valence-electron chi connectivity index (χ2n) is 5.97. The largest absolute Gasteiger partial charge is 0.384 e. The number of aromatic nitrogens is 2. The smallest absolute Gasteiger partial charge is 0.102 e. The van der Waals surface area contributed by atoms with Gasteiger partial charge in [0.25, 0.3) is 0 Å². The Hall–Kier alpha value is -1.69. The number of nitrogens with zero attached hydrogens (tertiary/aromatic N) is 2. The fraction of sp³-hybridized carbons (Fsp3) is 0.353. The van der Waals surface area contributed by atoms with Crippen LogP contribution in [0.3, 0.4) is 0 Å². The fourth-order valence-corrected chi connectivity index (χ4v) is 3.56. The number of fused-ring (bicyclic) bond motifs is 1. The van der Waals surface area contributed by atoms with Gasteiger partial charge in [0.15, 0.2) is 0 Å². The Labute approximate surface area is 134 Å². The summed E-state index contributed by atoms with van der Waals surface area (Å²) in [4.78, 5) is 1.28. The van der Waals surface area contributed by atoms with E-state index < -0.39 is 5.60 Å². The van der Waals surface area contributed by atoms with Crippen LogP contribution in [0.2, 0.25) is 0 Å². The van der Waals surface area contributed by atoms with Crippen LogP contribution in [0.4, 0.5) is 0 Å². The Morgan fingerprint density at radius 2 is 2.18 bits per heavy atom. The second-order valence-corrected chi connectivity index (χ2v) is 7.08. The Morgan fingerprint density at radius 1 is 1.41 bits per heavy atom. The summed E-state index contributed by atoms with van der Waals surface area (Å²) < 4.78 is 3.00. The number of hydrogen-bond acceptors (Lipinski definition) is 4. The van der Waals surface area contributed by atoms with Gasteiger partial charge in [-0.2, -0.15) is 5.10 Å². The molecular weight excluding hydrogens is 294 g/mol. The van der Waals surface area contributed by atoms with Crippen LogP contribution >= 0.6 is 11.3 Å². The molecular formula is C17H21N3OS. The van der Waals surface area contributed by atoms with Crippen LogP contribution in [0.1, 0.15) is 30.3 Å². The van der Waals surface area contributed by atoms with Crippen molar-refractivity contribution in [2.45, 2.75) is 25.5 Å². The lowest BCUT2D eigenvalue weighted by molar-refractivity contribution is 0.0544. The maximum Gasteiger partial charge on any atom is 0.102 e. The molecule has 0 aliphatic heterocycles. The summed E-state index contributed by atoms with van der Waals surface area (Å²) in [6.45, 7) is 4.42. The molecule has 0 spiro atoms. The molecule has 3 aromatic rings. The minimum absolute atomic E-state index is 0.195. The first-order chi connectivity index (χ1) is 10.5. The van der Waals surface area contributed by atoms with E-state index in [0.29, 0.717) is 6.54 Å². The van der Waals surface area contributed by atoms with E-state index in [2.05, 4.69) is 47.7 Å². The van der Waals surface area contributed by atoms with Crippen LogP contribution in [0, 0.1) is 0 Å². The second kappa shape index (κ2) is 5.83. The molecule has 0 radical (unpaired) electrons. The Balaban J connectivity index is 1.70. The van der Waals surface area contributed by atoms with Gasteiger partial charge in [0.05, 0.1) is 6.20 Å². The van der Waals surface area contributed by atoms with Crippen molar-refractivity contribution in [1.82, 2.24) is 15.1 Å². The van der Waals surface area contributed by atoms with Crippen molar-refractivity contribution in [3.05, 3.63) is 53.2 Å². The maximum atomic E-state index is 10.6. The molecule has 2 atom stereocenters. The summed E-state index contributed by atoms with van der Waals surface area (Å²) in [5.41, 5.74) is -0.106. The lowest BCUT2D eigenvalue weighted by Gasteiger charge is -2.24. The highest BCUT2D eigenvalue weighted by Gasteiger charge is 2.25. The molecule has 1 aromatic carbocycles. The number of rotatable bonds is 5. The number of hydrogen-bond donors (Lipinski definition) is 2. The molecule has 0 amide bonds. The van der Waals surface area contributed by atoms with Crippen molar-refractivity contribution in [1.29, 1.82) is 0 Å².